The van der Waals surface area contributed by atoms with E-state index in [1.807, 2.05) is 25.1 Å². The Morgan fingerprint density at radius 2 is 1.86 bits per heavy atom. The summed E-state index contributed by atoms with van der Waals surface area (Å²) in [6.45, 7) is 8.79. The smallest absolute Gasteiger partial charge is 0.268 e. The maximum atomic E-state index is 5.69. The van der Waals surface area contributed by atoms with Crippen LogP contribution < -0.4 is 5.32 Å². The number of aromatic nitrogens is 4. The summed E-state index contributed by atoms with van der Waals surface area (Å²) in [4.78, 5) is 2.56. The summed E-state index contributed by atoms with van der Waals surface area (Å²) in [6, 6.07) is 8.08. The molecule has 0 atom stereocenters. The van der Waals surface area contributed by atoms with E-state index < -0.39 is 0 Å². The number of nitrogens with zero attached hydrogens (tertiary/aromatic N) is 5. The first-order valence-corrected chi connectivity index (χ1v) is 10.3. The highest BCUT2D eigenvalue weighted by atomic mass is 16.4. The van der Waals surface area contributed by atoms with Crippen LogP contribution in [-0.4, -0.2) is 51.5 Å². The predicted octanol–water partition coefficient (Wildman–Crippen LogP) is 3.78. The maximum Gasteiger partial charge on any atom is 0.268 e. The zero-order chi connectivity index (χ0) is 19.3. The number of piperidine rings is 1. The molecule has 0 amide bonds. The highest BCUT2D eigenvalue weighted by molar-refractivity contribution is 5.98. The highest BCUT2D eigenvalue weighted by Crippen LogP contribution is 2.29. The van der Waals surface area contributed by atoms with Crippen LogP contribution in [0.4, 0.5) is 5.82 Å². The van der Waals surface area contributed by atoms with Gasteiger partial charge in [0.2, 0.25) is 5.89 Å². The molecule has 1 fully saturated rings. The first-order valence-electron chi connectivity index (χ1n) is 10.3. The topological polar surface area (TPSA) is 80.0 Å². The number of rotatable bonds is 7. The second-order valence-electron chi connectivity index (χ2n) is 7.60. The summed E-state index contributed by atoms with van der Waals surface area (Å²) in [5, 5.41) is 22.4. The fraction of sp³-hybridized carbons (Fsp3) is 0.524. The lowest BCUT2D eigenvalue weighted by Crippen LogP contribution is -2.34. The molecule has 0 spiro atoms. The highest BCUT2D eigenvalue weighted by Gasteiger charge is 2.17. The van der Waals surface area contributed by atoms with E-state index in [2.05, 4.69) is 43.6 Å². The molecule has 0 aliphatic carbocycles. The van der Waals surface area contributed by atoms with Crippen molar-refractivity contribution in [2.45, 2.75) is 39.5 Å². The van der Waals surface area contributed by atoms with Gasteiger partial charge in [-0.25, -0.2) is 0 Å². The average Bonchev–Trinajstić information content (AvgIpc) is 3.21. The quantitative estimate of drug-likeness (QED) is 0.625. The van der Waals surface area contributed by atoms with Crippen molar-refractivity contribution in [3.63, 3.8) is 0 Å². The largest absolute Gasteiger partial charge is 0.419 e. The van der Waals surface area contributed by atoms with Gasteiger partial charge in [-0.2, -0.15) is 0 Å². The van der Waals surface area contributed by atoms with Crippen LogP contribution in [0.1, 0.15) is 39.0 Å². The van der Waals surface area contributed by atoms with Gasteiger partial charge in [-0.3, -0.25) is 0 Å². The Balaban J connectivity index is 1.44. The summed E-state index contributed by atoms with van der Waals surface area (Å²) in [6.07, 6.45) is 4.43. The molecule has 0 radical (unpaired) electrons. The minimum atomic E-state index is 0.423. The van der Waals surface area contributed by atoms with E-state index in [1.165, 1.54) is 25.9 Å². The first-order chi connectivity index (χ1) is 13.7. The summed E-state index contributed by atoms with van der Waals surface area (Å²) in [7, 11) is 0. The molecule has 3 heterocycles. The molecule has 28 heavy (non-hydrogen) atoms. The third-order valence-electron chi connectivity index (χ3n) is 5.48. The Bertz CT molecular complexity index is 916. The summed E-state index contributed by atoms with van der Waals surface area (Å²) in [5.74, 6) is 2.71. The SMILES string of the molecule is CCc1nnc(-c2nnc(NCCCN3CCC(C)CC3)c3ccccc23)o1. The Morgan fingerprint density at radius 1 is 1.07 bits per heavy atom. The number of hydrogen-bond donors (Lipinski definition) is 1. The second-order valence-corrected chi connectivity index (χ2v) is 7.60. The number of nitrogens with one attached hydrogen (secondary N) is 1. The summed E-state index contributed by atoms with van der Waals surface area (Å²) < 4.78 is 5.69. The van der Waals surface area contributed by atoms with Gasteiger partial charge in [0.25, 0.3) is 5.89 Å². The van der Waals surface area contributed by atoms with Crippen molar-refractivity contribution in [1.29, 1.82) is 0 Å². The summed E-state index contributed by atoms with van der Waals surface area (Å²) in [5.41, 5.74) is 0.635. The van der Waals surface area contributed by atoms with Gasteiger partial charge in [0.1, 0.15) is 0 Å². The van der Waals surface area contributed by atoms with Gasteiger partial charge in [-0.05, 0) is 44.8 Å². The van der Waals surface area contributed by atoms with Crippen molar-refractivity contribution in [3.8, 4) is 11.6 Å². The molecule has 1 aliphatic rings. The normalized spacial score (nSPS) is 15.9. The fourth-order valence-electron chi connectivity index (χ4n) is 3.68. The molecule has 7 nitrogen and oxygen atoms in total. The molecule has 4 rings (SSSR count). The second kappa shape index (κ2) is 8.65. The van der Waals surface area contributed by atoms with Gasteiger partial charge in [0.05, 0.1) is 0 Å². The Kier molecular flexibility index (Phi) is 5.81. The monoisotopic (exact) mass is 380 g/mol. The van der Waals surface area contributed by atoms with E-state index >= 15 is 0 Å². The third-order valence-corrected chi connectivity index (χ3v) is 5.48. The van der Waals surface area contributed by atoms with Crippen LogP contribution in [0.5, 0.6) is 0 Å². The van der Waals surface area contributed by atoms with E-state index in [9.17, 15) is 0 Å². The molecule has 1 aliphatic heterocycles. The van der Waals surface area contributed by atoms with Gasteiger partial charge < -0.3 is 14.6 Å². The number of anilines is 1. The number of likely N-dealkylation sites (tertiary alicyclic amines) is 1. The van der Waals surface area contributed by atoms with E-state index in [0.29, 0.717) is 23.9 Å². The Morgan fingerprint density at radius 3 is 2.61 bits per heavy atom. The fourth-order valence-corrected chi connectivity index (χ4v) is 3.68. The van der Waals surface area contributed by atoms with E-state index in [-0.39, 0.29) is 0 Å². The molecule has 0 unspecified atom stereocenters. The molecular formula is C21H28N6O. The summed E-state index contributed by atoms with van der Waals surface area (Å²) >= 11 is 0. The molecule has 0 saturated carbocycles. The molecule has 3 aromatic rings. The third kappa shape index (κ3) is 4.14. The predicted molar refractivity (Wildman–Crippen MR) is 110 cm³/mol. The van der Waals surface area contributed by atoms with Crippen LogP contribution in [0, 0.1) is 5.92 Å². The maximum absolute atomic E-state index is 5.69. The number of fused-ring (bicyclic) bond motifs is 1. The number of hydrogen-bond acceptors (Lipinski definition) is 7. The van der Waals surface area contributed by atoms with Crippen molar-refractivity contribution in [2.75, 3.05) is 31.5 Å². The molecule has 7 heteroatoms. The van der Waals surface area contributed by atoms with Crippen molar-refractivity contribution < 1.29 is 4.42 Å². The van der Waals surface area contributed by atoms with Crippen LogP contribution in [0.15, 0.2) is 28.7 Å². The molecule has 1 N–H and O–H groups in total. The van der Waals surface area contributed by atoms with Crippen molar-refractivity contribution >= 4 is 16.6 Å². The molecule has 1 aromatic carbocycles. The van der Waals surface area contributed by atoms with Crippen LogP contribution in [0.3, 0.4) is 0 Å². The molecular weight excluding hydrogens is 352 g/mol. The van der Waals surface area contributed by atoms with Crippen LogP contribution in [0.25, 0.3) is 22.4 Å². The van der Waals surface area contributed by atoms with Gasteiger partial charge in [-0.1, -0.05) is 38.1 Å². The minimum absolute atomic E-state index is 0.423. The van der Waals surface area contributed by atoms with Gasteiger partial charge >= 0.3 is 0 Å². The lowest BCUT2D eigenvalue weighted by Gasteiger charge is -2.30. The lowest BCUT2D eigenvalue weighted by molar-refractivity contribution is 0.192. The van der Waals surface area contributed by atoms with E-state index in [1.54, 1.807) is 0 Å². The van der Waals surface area contributed by atoms with Gasteiger partial charge in [-0.15, -0.1) is 20.4 Å². The van der Waals surface area contributed by atoms with Crippen LogP contribution in [-0.2, 0) is 6.42 Å². The zero-order valence-corrected chi connectivity index (χ0v) is 16.7. The Hall–Kier alpha value is -2.54. The average molecular weight is 380 g/mol. The van der Waals surface area contributed by atoms with Crippen molar-refractivity contribution in [1.82, 2.24) is 25.3 Å². The number of aryl methyl sites for hydroxylation is 1. The minimum Gasteiger partial charge on any atom is -0.419 e. The van der Waals surface area contributed by atoms with Gasteiger partial charge in [0, 0.05) is 23.7 Å². The van der Waals surface area contributed by atoms with Crippen LogP contribution in [0.2, 0.25) is 0 Å². The standard InChI is InChI=1S/C21H28N6O/c1-3-18-23-26-21(28-18)19-16-7-4-5-8-17(16)20(25-24-19)22-11-6-12-27-13-9-15(2)10-14-27/h4-5,7-8,15H,3,6,9-14H2,1-2H3,(H,22,25). The van der Waals surface area contributed by atoms with Crippen LogP contribution >= 0.6 is 0 Å². The van der Waals surface area contributed by atoms with E-state index in [4.69, 9.17) is 4.42 Å². The van der Waals surface area contributed by atoms with Crippen molar-refractivity contribution in [2.24, 2.45) is 5.92 Å². The molecule has 148 valence electrons. The molecule has 2 aromatic heterocycles. The first kappa shape index (κ1) is 18.8. The van der Waals surface area contributed by atoms with E-state index in [0.717, 1.165) is 42.0 Å². The zero-order valence-electron chi connectivity index (χ0n) is 16.7. The van der Waals surface area contributed by atoms with Gasteiger partial charge in [0.15, 0.2) is 11.5 Å². The Labute approximate surface area is 165 Å². The van der Waals surface area contributed by atoms with Crippen molar-refractivity contribution in [3.05, 3.63) is 30.2 Å². The molecule has 0 bridgehead atoms. The molecule has 1 saturated heterocycles. The lowest BCUT2D eigenvalue weighted by atomic mass is 9.99. The number of benzene rings is 1.